The second-order valence-electron chi connectivity index (χ2n) is 1.09. The van der Waals surface area contributed by atoms with Crippen LogP contribution in [0.15, 0.2) is 24.3 Å². The molecular formula is C5H5NO2. The van der Waals surface area contributed by atoms with Crippen LogP contribution in [0.25, 0.3) is 0 Å². The Morgan fingerprint density at radius 3 is 3.50 bits per heavy atom. The Hall–Kier alpha value is -1.25. The van der Waals surface area contributed by atoms with Gasteiger partial charge in [0.05, 0.1) is 10.2 Å². The van der Waals surface area contributed by atoms with E-state index in [4.69, 9.17) is 6.91 Å². The molecule has 0 aromatic carbocycles. The SMILES string of the molecule is [2H]Oc1c([2H])c([2H])c([2H])c([2H])[n+]1[O-]. The standard InChI is InChI=1S/C5H5NO2/c7-5-3-1-2-4-6(5)8/h1-4,7H/i1D,2D,3D,4D/hD. The summed E-state index contributed by atoms with van der Waals surface area (Å²) < 4.78 is 34.6. The summed E-state index contributed by atoms with van der Waals surface area (Å²) in [7, 11) is 0. The Morgan fingerprint density at radius 1 is 1.88 bits per heavy atom. The van der Waals surface area contributed by atoms with Crippen LogP contribution in [0.5, 0.6) is 5.88 Å². The summed E-state index contributed by atoms with van der Waals surface area (Å²) in [5.41, 5.74) is 0. The molecule has 0 amide bonds. The monoisotopic (exact) mass is 116 g/mol. The van der Waals surface area contributed by atoms with E-state index in [0.29, 0.717) is 0 Å². The van der Waals surface area contributed by atoms with Gasteiger partial charge in [-0.1, -0.05) is 0 Å². The summed E-state index contributed by atoms with van der Waals surface area (Å²) in [5, 5.41) is 14.7. The first-order valence-corrected chi connectivity index (χ1v) is 1.83. The summed E-state index contributed by atoms with van der Waals surface area (Å²) in [6.07, 6.45) is -0.803. The summed E-state index contributed by atoms with van der Waals surface area (Å²) in [5.74, 6) is -0.758. The fourth-order valence-corrected chi connectivity index (χ4v) is 0.265. The number of pyridine rings is 1. The number of aromatic hydroxyl groups is 1. The van der Waals surface area contributed by atoms with Gasteiger partial charge in [-0.25, -0.2) is 0 Å². The minimum atomic E-state index is -0.803. The van der Waals surface area contributed by atoms with E-state index >= 15 is 0 Å². The van der Waals surface area contributed by atoms with Crippen LogP contribution in [0.2, 0.25) is 0 Å². The molecule has 0 spiro atoms. The number of nitrogens with zero attached hydrogens (tertiary/aromatic N) is 1. The van der Waals surface area contributed by atoms with E-state index < -0.39 is 30.2 Å². The molecular weight excluding hydrogens is 106 g/mol. The first-order chi connectivity index (χ1) is 6.00. The van der Waals surface area contributed by atoms with Gasteiger partial charge in [0.2, 0.25) is 0 Å². The van der Waals surface area contributed by atoms with Crippen molar-refractivity contribution >= 4 is 0 Å². The third kappa shape index (κ3) is 0.703. The Labute approximate surface area is 53.5 Å². The zero-order chi connectivity index (χ0) is 10.2. The van der Waals surface area contributed by atoms with Crippen LogP contribution in [-0.4, -0.2) is 6.54 Å². The predicted molar refractivity (Wildman–Crippen MR) is 27.1 cm³/mol. The van der Waals surface area contributed by atoms with Gasteiger partial charge >= 0.3 is 5.88 Å². The topological polar surface area (TPSA) is 47.2 Å². The van der Waals surface area contributed by atoms with E-state index in [1.165, 1.54) is 0 Å². The fourth-order valence-electron chi connectivity index (χ4n) is 0.265. The highest BCUT2D eigenvalue weighted by Gasteiger charge is 1.93. The Morgan fingerprint density at radius 2 is 2.75 bits per heavy atom. The molecule has 0 unspecified atom stereocenters. The molecule has 0 radical (unpaired) electrons. The third-order valence-corrected chi connectivity index (χ3v) is 0.574. The maximum Gasteiger partial charge on any atom is 0.376 e. The van der Waals surface area contributed by atoms with Crippen molar-refractivity contribution in [1.29, 1.82) is 1.43 Å². The number of aromatic nitrogens is 1. The van der Waals surface area contributed by atoms with E-state index in [2.05, 4.69) is 5.11 Å². The van der Waals surface area contributed by atoms with Gasteiger partial charge in [0, 0.05) is 6.04 Å². The highest BCUT2D eigenvalue weighted by Crippen LogP contribution is 1.94. The minimum absolute atomic E-state index is 0.171. The van der Waals surface area contributed by atoms with Gasteiger partial charge in [0.15, 0.2) is 6.17 Å². The Bertz CT molecular complexity index is 326. The lowest BCUT2D eigenvalue weighted by Gasteiger charge is -1.93. The van der Waals surface area contributed by atoms with Crippen LogP contribution in [0, 0.1) is 5.21 Å². The molecule has 0 saturated carbocycles. The first kappa shape index (κ1) is 1.62. The number of rotatable bonds is 1. The molecule has 1 aromatic rings. The zero-order valence-corrected chi connectivity index (χ0v) is 3.76. The molecule has 0 atom stereocenters. The first-order valence-electron chi connectivity index (χ1n) is 4.24. The quantitative estimate of drug-likeness (QED) is 0.415. The summed E-state index contributed by atoms with van der Waals surface area (Å²) in [6, 6.07) is -1.91. The molecule has 0 aliphatic rings. The smallest absolute Gasteiger partial charge is 0.376 e. The van der Waals surface area contributed by atoms with Crippen molar-refractivity contribution in [1.82, 2.24) is 0 Å². The highest BCUT2D eigenvalue weighted by atomic mass is 16.5. The molecule has 0 bridgehead atoms. The summed E-state index contributed by atoms with van der Waals surface area (Å²) in [4.78, 5) is 0. The minimum Gasteiger partial charge on any atom is -0.616 e. The molecule has 1 N–H and O–H groups in total. The Balaban J connectivity index is 3.56. The zero-order valence-electron chi connectivity index (χ0n) is 8.76. The predicted octanol–water partition coefficient (Wildman–Crippen LogP) is 0.0256. The second-order valence-corrected chi connectivity index (χ2v) is 1.09. The molecule has 1 aromatic heterocycles. The van der Waals surface area contributed by atoms with Crippen molar-refractivity contribution in [3.63, 3.8) is 0 Å². The van der Waals surface area contributed by atoms with E-state index in [-0.39, 0.29) is 4.73 Å². The molecule has 1 heterocycles. The normalized spacial score (nSPS) is 17.2. The van der Waals surface area contributed by atoms with Crippen molar-refractivity contribution in [2.45, 2.75) is 0 Å². The fraction of sp³-hybridized carbons (Fsp3) is 0. The Kier molecular flexibility index (Phi) is 0.342. The van der Waals surface area contributed by atoms with Crippen molar-refractivity contribution in [3.8, 4) is 5.88 Å². The highest BCUT2D eigenvalue weighted by molar-refractivity contribution is 4.99. The third-order valence-electron chi connectivity index (χ3n) is 0.574. The average molecular weight is 116 g/mol. The molecule has 0 aliphatic heterocycles. The van der Waals surface area contributed by atoms with Crippen LogP contribution in [0.1, 0.15) is 5.48 Å². The van der Waals surface area contributed by atoms with Crippen LogP contribution in [-0.2, 0) is 0 Å². The second kappa shape index (κ2) is 1.69. The lowest BCUT2D eigenvalue weighted by atomic mass is 10.5. The van der Waals surface area contributed by atoms with Crippen molar-refractivity contribution in [2.24, 2.45) is 0 Å². The lowest BCUT2D eigenvalue weighted by Crippen LogP contribution is -2.24. The molecule has 3 nitrogen and oxygen atoms in total. The van der Waals surface area contributed by atoms with Gasteiger partial charge in [-0.2, -0.15) is 0 Å². The molecule has 42 valence electrons. The van der Waals surface area contributed by atoms with Crippen molar-refractivity contribution < 1.29 is 15.3 Å². The molecule has 0 saturated heterocycles. The van der Waals surface area contributed by atoms with Crippen LogP contribution < -0.4 is 4.73 Å². The number of hydrogen-bond donors (Lipinski definition) is 1. The van der Waals surface area contributed by atoms with E-state index in [1.54, 1.807) is 0 Å². The van der Waals surface area contributed by atoms with Gasteiger partial charge in [-0.15, -0.1) is 4.73 Å². The molecule has 3 heteroatoms. The van der Waals surface area contributed by atoms with E-state index in [0.717, 1.165) is 0 Å². The maximum atomic E-state index is 11.0. The van der Waals surface area contributed by atoms with Crippen LogP contribution >= 0.6 is 0 Å². The molecule has 8 heavy (non-hydrogen) atoms. The largest absolute Gasteiger partial charge is 0.616 e. The number of hydrogen-bond acceptors (Lipinski definition) is 2. The van der Waals surface area contributed by atoms with Gasteiger partial charge in [-0.05, 0) is 6.04 Å². The summed E-state index contributed by atoms with van der Waals surface area (Å²) in [6.45, 7) is 0. The molecule has 0 aliphatic carbocycles. The molecule has 0 fully saturated rings. The van der Waals surface area contributed by atoms with Gasteiger partial charge in [0.1, 0.15) is 1.37 Å². The van der Waals surface area contributed by atoms with Crippen molar-refractivity contribution in [3.05, 3.63) is 29.5 Å². The van der Waals surface area contributed by atoms with Crippen molar-refractivity contribution in [2.75, 3.05) is 0 Å². The van der Waals surface area contributed by atoms with Crippen LogP contribution in [0.3, 0.4) is 0 Å². The van der Waals surface area contributed by atoms with Gasteiger partial charge < -0.3 is 10.3 Å². The van der Waals surface area contributed by atoms with Gasteiger partial charge in [0.25, 0.3) is 1.43 Å². The summed E-state index contributed by atoms with van der Waals surface area (Å²) >= 11 is 0. The van der Waals surface area contributed by atoms with Crippen LogP contribution in [0.4, 0.5) is 0 Å². The lowest BCUT2D eigenvalue weighted by molar-refractivity contribution is -0.613. The molecule has 1 rings (SSSR count). The van der Waals surface area contributed by atoms with E-state index in [1.807, 2.05) is 0 Å². The maximum absolute atomic E-state index is 11.0. The van der Waals surface area contributed by atoms with E-state index in [9.17, 15) is 5.21 Å². The average Bonchev–Trinajstić information content (AvgIpc) is 2.13. The van der Waals surface area contributed by atoms with Gasteiger partial charge in [-0.3, -0.25) is 0 Å².